The quantitative estimate of drug-likeness (QED) is 0.425. The minimum atomic E-state index is 0.0135. The normalized spacial score (nSPS) is 14.7. The molecule has 168 valence electrons. The maximum atomic E-state index is 12.9. The number of hydrogen-bond donors (Lipinski definition) is 0. The van der Waals surface area contributed by atoms with E-state index in [1.807, 2.05) is 47.8 Å². The van der Waals surface area contributed by atoms with Crippen molar-refractivity contribution in [3.05, 3.63) is 81.6 Å². The van der Waals surface area contributed by atoms with E-state index in [9.17, 15) is 4.79 Å². The number of aryl methyl sites for hydroxylation is 1. The number of halogens is 2. The van der Waals surface area contributed by atoms with Gasteiger partial charge >= 0.3 is 0 Å². The summed E-state index contributed by atoms with van der Waals surface area (Å²) in [6, 6.07) is 9.41. The molecule has 7 heteroatoms. The van der Waals surface area contributed by atoms with Gasteiger partial charge in [0.1, 0.15) is 11.5 Å². The van der Waals surface area contributed by atoms with Crippen molar-refractivity contribution < 1.29 is 4.79 Å². The Hall–Kier alpha value is -2.37. The molecule has 1 amide bonds. The highest BCUT2D eigenvalue weighted by molar-refractivity contribution is 6.33. The van der Waals surface area contributed by atoms with Crippen molar-refractivity contribution in [2.45, 2.75) is 51.5 Å². The first-order valence-corrected chi connectivity index (χ1v) is 12.0. The van der Waals surface area contributed by atoms with Gasteiger partial charge in [0.15, 0.2) is 0 Å². The van der Waals surface area contributed by atoms with Crippen LogP contribution in [0.4, 0.5) is 0 Å². The zero-order valence-corrected chi connectivity index (χ0v) is 19.8. The average Bonchev–Trinajstić information content (AvgIpc) is 3.28. The highest BCUT2D eigenvalue weighted by Gasteiger charge is 2.27. The van der Waals surface area contributed by atoms with Crippen LogP contribution in [0.5, 0.6) is 0 Å². The third-order valence-electron chi connectivity index (χ3n) is 6.11. The van der Waals surface area contributed by atoms with Gasteiger partial charge < -0.3 is 9.47 Å². The van der Waals surface area contributed by atoms with Crippen LogP contribution in [0.3, 0.4) is 0 Å². The molecule has 1 aromatic carbocycles. The standard InChI is InChI=1S/C25H28Cl2N4O/c1-2-3-4-18-5-8-23(29-16-18)25(32)30-12-9-19(10-13-30)24-28-11-14-31(24)17-20-15-21(26)6-7-22(20)27/h5-8,11,14-16,19H,2-4,9-10,12-13,17H2,1H3. The smallest absolute Gasteiger partial charge is 0.272 e. The molecule has 3 heterocycles. The third kappa shape index (κ3) is 5.33. The maximum Gasteiger partial charge on any atom is 0.272 e. The fourth-order valence-corrected chi connectivity index (χ4v) is 4.62. The Morgan fingerprint density at radius 2 is 1.94 bits per heavy atom. The van der Waals surface area contributed by atoms with E-state index >= 15 is 0 Å². The molecule has 0 radical (unpaired) electrons. The minimum absolute atomic E-state index is 0.0135. The van der Waals surface area contributed by atoms with Crippen molar-refractivity contribution in [2.24, 2.45) is 0 Å². The van der Waals surface area contributed by atoms with E-state index in [1.54, 1.807) is 6.07 Å². The molecule has 0 saturated carbocycles. The molecular weight excluding hydrogens is 443 g/mol. The van der Waals surface area contributed by atoms with Gasteiger partial charge in [-0.1, -0.05) is 42.6 Å². The Bertz CT molecular complexity index is 1060. The van der Waals surface area contributed by atoms with Gasteiger partial charge in [-0.2, -0.15) is 0 Å². The lowest BCUT2D eigenvalue weighted by atomic mass is 9.95. The SMILES string of the molecule is CCCCc1ccc(C(=O)N2CCC(c3nccn3Cc3cc(Cl)ccc3Cl)CC2)nc1. The number of likely N-dealkylation sites (tertiary alicyclic amines) is 1. The molecule has 0 N–H and O–H groups in total. The lowest BCUT2D eigenvalue weighted by Crippen LogP contribution is -2.38. The van der Waals surface area contributed by atoms with Gasteiger partial charge in [0.2, 0.25) is 0 Å². The minimum Gasteiger partial charge on any atom is -0.337 e. The Morgan fingerprint density at radius 3 is 2.66 bits per heavy atom. The summed E-state index contributed by atoms with van der Waals surface area (Å²) in [6.45, 7) is 4.21. The molecular formula is C25H28Cl2N4O. The van der Waals surface area contributed by atoms with Crippen LogP contribution in [0.1, 0.15) is 66.0 Å². The number of carbonyl (C=O) groups is 1. The van der Waals surface area contributed by atoms with Crippen LogP contribution >= 0.6 is 23.2 Å². The molecule has 0 aliphatic carbocycles. The number of rotatable bonds is 7. The van der Waals surface area contributed by atoms with E-state index in [-0.39, 0.29) is 5.91 Å². The largest absolute Gasteiger partial charge is 0.337 e. The van der Waals surface area contributed by atoms with E-state index in [0.717, 1.165) is 43.5 Å². The van der Waals surface area contributed by atoms with Gasteiger partial charge in [0.05, 0.1) is 6.54 Å². The molecule has 0 atom stereocenters. The van der Waals surface area contributed by atoms with Crippen molar-refractivity contribution in [1.82, 2.24) is 19.4 Å². The lowest BCUT2D eigenvalue weighted by Gasteiger charge is -2.31. The Labute approximate surface area is 199 Å². The first-order valence-electron chi connectivity index (χ1n) is 11.2. The molecule has 2 aromatic heterocycles. The van der Waals surface area contributed by atoms with Gasteiger partial charge in [-0.3, -0.25) is 9.78 Å². The summed E-state index contributed by atoms with van der Waals surface area (Å²) in [5.41, 5.74) is 2.69. The van der Waals surface area contributed by atoms with E-state index in [2.05, 4.69) is 21.5 Å². The zero-order valence-electron chi connectivity index (χ0n) is 18.3. The molecule has 1 fully saturated rings. The first-order chi connectivity index (χ1) is 15.5. The van der Waals surface area contributed by atoms with Crippen LogP contribution in [0.25, 0.3) is 0 Å². The maximum absolute atomic E-state index is 12.9. The third-order valence-corrected chi connectivity index (χ3v) is 6.71. The van der Waals surface area contributed by atoms with Crippen molar-refractivity contribution >= 4 is 29.1 Å². The number of pyridine rings is 1. The van der Waals surface area contributed by atoms with Gasteiger partial charge in [0.25, 0.3) is 5.91 Å². The molecule has 3 aromatic rings. The summed E-state index contributed by atoms with van der Waals surface area (Å²) in [4.78, 5) is 23.9. The van der Waals surface area contributed by atoms with Crippen molar-refractivity contribution in [3.8, 4) is 0 Å². The zero-order chi connectivity index (χ0) is 22.5. The van der Waals surface area contributed by atoms with E-state index < -0.39 is 0 Å². The number of amides is 1. The van der Waals surface area contributed by atoms with Crippen LogP contribution in [-0.2, 0) is 13.0 Å². The van der Waals surface area contributed by atoms with E-state index in [0.29, 0.717) is 41.3 Å². The summed E-state index contributed by atoms with van der Waals surface area (Å²) in [6.07, 6.45) is 10.7. The molecule has 32 heavy (non-hydrogen) atoms. The number of aromatic nitrogens is 3. The number of piperidine rings is 1. The Kier molecular flexibility index (Phi) is 7.48. The fourth-order valence-electron chi connectivity index (χ4n) is 4.24. The predicted molar refractivity (Wildman–Crippen MR) is 129 cm³/mol. The average molecular weight is 471 g/mol. The van der Waals surface area contributed by atoms with Crippen LogP contribution in [0.15, 0.2) is 48.9 Å². The van der Waals surface area contributed by atoms with Gasteiger partial charge in [-0.15, -0.1) is 0 Å². The number of benzene rings is 1. The molecule has 1 aliphatic heterocycles. The summed E-state index contributed by atoms with van der Waals surface area (Å²) in [7, 11) is 0. The lowest BCUT2D eigenvalue weighted by molar-refractivity contribution is 0.0704. The summed E-state index contributed by atoms with van der Waals surface area (Å²) < 4.78 is 2.14. The Balaban J connectivity index is 1.37. The van der Waals surface area contributed by atoms with Crippen LogP contribution in [0.2, 0.25) is 10.0 Å². The molecule has 1 saturated heterocycles. The second-order valence-electron chi connectivity index (χ2n) is 8.37. The second kappa shape index (κ2) is 10.5. The van der Waals surface area contributed by atoms with Crippen LogP contribution in [0, 0.1) is 0 Å². The molecule has 1 aliphatic rings. The predicted octanol–water partition coefficient (Wildman–Crippen LogP) is 6.00. The van der Waals surface area contributed by atoms with Gasteiger partial charge in [-0.05, 0) is 61.1 Å². The van der Waals surface area contributed by atoms with Gasteiger partial charge in [0, 0.05) is 47.6 Å². The highest BCUT2D eigenvalue weighted by Crippen LogP contribution is 2.29. The van der Waals surface area contributed by atoms with Gasteiger partial charge in [-0.25, -0.2) is 4.98 Å². The number of carbonyl (C=O) groups excluding carboxylic acids is 1. The topological polar surface area (TPSA) is 51.0 Å². The Morgan fingerprint density at radius 1 is 1.12 bits per heavy atom. The fraction of sp³-hybridized carbons (Fsp3) is 0.400. The highest BCUT2D eigenvalue weighted by atomic mass is 35.5. The van der Waals surface area contributed by atoms with E-state index in [1.165, 1.54) is 5.56 Å². The van der Waals surface area contributed by atoms with Crippen LogP contribution < -0.4 is 0 Å². The molecule has 5 nitrogen and oxygen atoms in total. The number of nitrogens with zero attached hydrogens (tertiary/aromatic N) is 4. The second-order valence-corrected chi connectivity index (χ2v) is 9.21. The summed E-state index contributed by atoms with van der Waals surface area (Å²) >= 11 is 12.5. The summed E-state index contributed by atoms with van der Waals surface area (Å²) in [5.74, 6) is 1.35. The summed E-state index contributed by atoms with van der Waals surface area (Å²) in [5, 5.41) is 1.37. The first kappa shape index (κ1) is 22.8. The molecule has 4 rings (SSSR count). The number of unbranched alkanes of at least 4 members (excludes halogenated alkanes) is 1. The monoisotopic (exact) mass is 470 g/mol. The van der Waals surface area contributed by atoms with Crippen molar-refractivity contribution in [2.75, 3.05) is 13.1 Å². The molecule has 0 spiro atoms. The number of hydrogen-bond acceptors (Lipinski definition) is 3. The number of imidazole rings is 1. The molecule has 0 unspecified atom stereocenters. The molecule has 0 bridgehead atoms. The van der Waals surface area contributed by atoms with E-state index in [4.69, 9.17) is 23.2 Å². The van der Waals surface area contributed by atoms with Crippen molar-refractivity contribution in [3.63, 3.8) is 0 Å². The van der Waals surface area contributed by atoms with Crippen LogP contribution in [-0.4, -0.2) is 38.4 Å². The van der Waals surface area contributed by atoms with Crippen molar-refractivity contribution in [1.29, 1.82) is 0 Å².